The van der Waals surface area contributed by atoms with Crippen LogP contribution in [0.5, 0.6) is 0 Å². The van der Waals surface area contributed by atoms with E-state index in [-0.39, 0.29) is 0 Å². The van der Waals surface area contributed by atoms with E-state index >= 15 is 0 Å². The average molecular weight is 297 g/mol. The third-order valence-corrected chi connectivity index (χ3v) is 4.04. The minimum Gasteiger partial charge on any atom is -0.354 e. The summed E-state index contributed by atoms with van der Waals surface area (Å²) in [5.41, 5.74) is 2.46. The molecule has 3 heterocycles. The van der Waals surface area contributed by atoms with Gasteiger partial charge in [0.25, 0.3) is 0 Å². The van der Waals surface area contributed by atoms with Gasteiger partial charge in [-0.3, -0.25) is 4.98 Å². The summed E-state index contributed by atoms with van der Waals surface area (Å²) in [6.45, 7) is 5.93. The number of aromatic nitrogens is 2. The molecule has 0 aromatic carbocycles. The predicted octanol–water partition coefficient (Wildman–Crippen LogP) is 1.52. The molecule has 1 N–H and O–H groups in total. The Labute approximate surface area is 132 Å². The first-order chi connectivity index (χ1) is 10.8. The Kier molecular flexibility index (Phi) is 4.98. The summed E-state index contributed by atoms with van der Waals surface area (Å²) < 4.78 is 0. The Morgan fingerprint density at radius 3 is 2.64 bits per heavy atom. The van der Waals surface area contributed by atoms with Crippen LogP contribution in [-0.4, -0.2) is 48.1 Å². The third-order valence-electron chi connectivity index (χ3n) is 4.04. The molecule has 0 radical (unpaired) electrons. The van der Waals surface area contributed by atoms with Crippen molar-refractivity contribution in [3.05, 3.63) is 54.0 Å². The molecule has 3 rings (SSSR count). The van der Waals surface area contributed by atoms with Gasteiger partial charge in [-0.25, -0.2) is 4.98 Å². The lowest BCUT2D eigenvalue weighted by Crippen LogP contribution is -2.45. The molecule has 116 valence electrons. The van der Waals surface area contributed by atoms with Crippen LogP contribution in [0.15, 0.2) is 42.9 Å². The van der Waals surface area contributed by atoms with Crippen molar-refractivity contribution in [3.63, 3.8) is 0 Å². The topological polar surface area (TPSA) is 44.3 Å². The molecule has 5 nitrogen and oxygen atoms in total. The van der Waals surface area contributed by atoms with Crippen molar-refractivity contribution in [1.29, 1.82) is 0 Å². The van der Waals surface area contributed by atoms with E-state index in [0.717, 1.165) is 45.1 Å². The summed E-state index contributed by atoms with van der Waals surface area (Å²) in [7, 11) is 2.17. The highest BCUT2D eigenvalue weighted by Gasteiger charge is 2.17. The molecule has 22 heavy (non-hydrogen) atoms. The predicted molar refractivity (Wildman–Crippen MR) is 88.7 cm³/mol. The normalized spacial score (nSPS) is 16.0. The zero-order valence-corrected chi connectivity index (χ0v) is 13.1. The van der Waals surface area contributed by atoms with E-state index < -0.39 is 0 Å². The highest BCUT2D eigenvalue weighted by atomic mass is 15.3. The lowest BCUT2D eigenvalue weighted by atomic mass is 10.2. The Bertz CT molecular complexity index is 579. The van der Waals surface area contributed by atoms with Crippen molar-refractivity contribution in [2.45, 2.75) is 13.1 Å². The summed E-state index contributed by atoms with van der Waals surface area (Å²) in [4.78, 5) is 13.5. The number of pyridine rings is 2. The number of nitrogens with zero attached hydrogens (tertiary/aromatic N) is 4. The Balaban J connectivity index is 1.61. The standard InChI is InChI=1S/C17H23N5/c1-21-8-10-22(11-9-21)17-16(5-3-7-20-17)14-19-13-15-4-2-6-18-12-15/h2-7,12,19H,8-11,13-14H2,1H3. The molecule has 1 aliphatic heterocycles. The van der Waals surface area contributed by atoms with Crippen molar-refractivity contribution in [3.8, 4) is 0 Å². The Morgan fingerprint density at radius 2 is 1.86 bits per heavy atom. The van der Waals surface area contributed by atoms with Gasteiger partial charge in [-0.05, 0) is 24.7 Å². The molecule has 0 amide bonds. The molecule has 0 bridgehead atoms. The van der Waals surface area contributed by atoms with Gasteiger partial charge in [0, 0.05) is 63.4 Å². The number of nitrogens with one attached hydrogen (secondary N) is 1. The molecule has 0 unspecified atom stereocenters. The van der Waals surface area contributed by atoms with E-state index in [0.29, 0.717) is 0 Å². The fraction of sp³-hybridized carbons (Fsp3) is 0.412. The second-order valence-electron chi connectivity index (χ2n) is 5.74. The number of likely N-dealkylation sites (N-methyl/N-ethyl adjacent to an activating group) is 1. The number of anilines is 1. The quantitative estimate of drug-likeness (QED) is 0.906. The molecule has 0 spiro atoms. The molecule has 0 atom stereocenters. The molecule has 1 saturated heterocycles. The minimum absolute atomic E-state index is 0.824. The van der Waals surface area contributed by atoms with Gasteiger partial charge in [0.05, 0.1) is 0 Å². The minimum atomic E-state index is 0.824. The van der Waals surface area contributed by atoms with Crippen LogP contribution in [0, 0.1) is 0 Å². The zero-order valence-electron chi connectivity index (χ0n) is 13.1. The molecule has 1 fully saturated rings. The summed E-state index contributed by atoms with van der Waals surface area (Å²) in [5.74, 6) is 1.12. The monoisotopic (exact) mass is 297 g/mol. The van der Waals surface area contributed by atoms with E-state index in [1.165, 1.54) is 11.1 Å². The van der Waals surface area contributed by atoms with Crippen LogP contribution >= 0.6 is 0 Å². The van der Waals surface area contributed by atoms with Gasteiger partial charge in [0.1, 0.15) is 5.82 Å². The van der Waals surface area contributed by atoms with Crippen LogP contribution < -0.4 is 10.2 Å². The van der Waals surface area contributed by atoms with Gasteiger partial charge in [-0.1, -0.05) is 12.1 Å². The van der Waals surface area contributed by atoms with Crippen molar-refractivity contribution in [2.24, 2.45) is 0 Å². The molecule has 5 heteroatoms. The van der Waals surface area contributed by atoms with E-state index in [1.807, 2.05) is 24.5 Å². The van der Waals surface area contributed by atoms with Gasteiger partial charge in [0.2, 0.25) is 0 Å². The first-order valence-electron chi connectivity index (χ1n) is 7.80. The van der Waals surface area contributed by atoms with Crippen LogP contribution in [0.1, 0.15) is 11.1 Å². The maximum atomic E-state index is 4.61. The van der Waals surface area contributed by atoms with E-state index in [2.05, 4.69) is 44.3 Å². The summed E-state index contributed by atoms with van der Waals surface area (Å²) in [6, 6.07) is 8.24. The largest absolute Gasteiger partial charge is 0.354 e. The first kappa shape index (κ1) is 14.9. The lowest BCUT2D eigenvalue weighted by molar-refractivity contribution is 0.311. The van der Waals surface area contributed by atoms with Crippen molar-refractivity contribution in [2.75, 3.05) is 38.1 Å². The molecule has 2 aromatic rings. The summed E-state index contributed by atoms with van der Waals surface area (Å²) in [6.07, 6.45) is 5.59. The Hall–Kier alpha value is -1.98. The number of rotatable bonds is 5. The van der Waals surface area contributed by atoms with E-state index in [1.54, 1.807) is 6.20 Å². The van der Waals surface area contributed by atoms with Crippen LogP contribution in [-0.2, 0) is 13.1 Å². The molecule has 0 saturated carbocycles. The maximum Gasteiger partial charge on any atom is 0.133 e. The molecular formula is C17H23N5. The number of piperazine rings is 1. The van der Waals surface area contributed by atoms with Crippen molar-refractivity contribution < 1.29 is 0 Å². The van der Waals surface area contributed by atoms with Crippen LogP contribution in [0.3, 0.4) is 0 Å². The second-order valence-corrected chi connectivity index (χ2v) is 5.74. The van der Waals surface area contributed by atoms with Gasteiger partial charge < -0.3 is 15.1 Å². The van der Waals surface area contributed by atoms with Crippen LogP contribution in [0.25, 0.3) is 0 Å². The fourth-order valence-electron chi connectivity index (χ4n) is 2.72. The SMILES string of the molecule is CN1CCN(c2ncccc2CNCc2cccnc2)CC1. The van der Waals surface area contributed by atoms with Crippen LogP contribution in [0.4, 0.5) is 5.82 Å². The average Bonchev–Trinajstić information content (AvgIpc) is 2.57. The van der Waals surface area contributed by atoms with Crippen LogP contribution in [0.2, 0.25) is 0 Å². The molecule has 0 aliphatic carbocycles. The summed E-state index contributed by atoms with van der Waals surface area (Å²) in [5, 5.41) is 3.49. The van der Waals surface area contributed by atoms with Gasteiger partial charge in [-0.15, -0.1) is 0 Å². The number of hydrogen-bond acceptors (Lipinski definition) is 5. The third kappa shape index (κ3) is 3.81. The van der Waals surface area contributed by atoms with E-state index in [9.17, 15) is 0 Å². The number of hydrogen-bond donors (Lipinski definition) is 1. The second kappa shape index (κ2) is 7.33. The Morgan fingerprint density at radius 1 is 1.05 bits per heavy atom. The fourth-order valence-corrected chi connectivity index (χ4v) is 2.72. The first-order valence-corrected chi connectivity index (χ1v) is 7.80. The molecule has 1 aliphatic rings. The maximum absolute atomic E-state index is 4.61. The zero-order chi connectivity index (χ0) is 15.2. The molecule has 2 aromatic heterocycles. The van der Waals surface area contributed by atoms with Crippen molar-refractivity contribution >= 4 is 5.82 Å². The smallest absolute Gasteiger partial charge is 0.133 e. The van der Waals surface area contributed by atoms with Gasteiger partial charge >= 0.3 is 0 Å². The van der Waals surface area contributed by atoms with Gasteiger partial charge in [-0.2, -0.15) is 0 Å². The lowest BCUT2D eigenvalue weighted by Gasteiger charge is -2.34. The molecular weight excluding hydrogens is 274 g/mol. The summed E-state index contributed by atoms with van der Waals surface area (Å²) >= 11 is 0. The van der Waals surface area contributed by atoms with Crippen molar-refractivity contribution in [1.82, 2.24) is 20.2 Å². The van der Waals surface area contributed by atoms with E-state index in [4.69, 9.17) is 0 Å². The van der Waals surface area contributed by atoms with Gasteiger partial charge in [0.15, 0.2) is 0 Å². The highest BCUT2D eigenvalue weighted by molar-refractivity contribution is 5.47. The highest BCUT2D eigenvalue weighted by Crippen LogP contribution is 2.18.